The zero-order valence-corrected chi connectivity index (χ0v) is 4.37. The number of nitrogens with two attached hydrogens (primary N) is 1. The molecule has 0 atom stereocenters. The minimum atomic E-state index is 0.332. The van der Waals surface area contributed by atoms with Crippen molar-refractivity contribution in [3.8, 4) is 0 Å². The van der Waals surface area contributed by atoms with Gasteiger partial charge in [0.15, 0.2) is 5.96 Å². The largest absolute Gasteiger partial charge is 0.369 e. The molecule has 0 aliphatic rings. The zero-order chi connectivity index (χ0) is 4.99. The second kappa shape index (κ2) is 2.84. The molecule has 0 bridgehead atoms. The van der Waals surface area contributed by atoms with E-state index in [-0.39, 0.29) is 0 Å². The number of nitrogens with zero attached hydrogens (tertiary/aromatic N) is 1. The molecule has 3 nitrogen and oxygen atoms in total. The van der Waals surface area contributed by atoms with Crippen LogP contribution in [-0.2, 0) is 0 Å². The quantitative estimate of drug-likeness (QED) is 0.218. The smallest absolute Gasteiger partial charge is 0.198 e. The second-order valence-corrected chi connectivity index (χ2v) is 0.944. The first kappa shape index (κ1) is 5.62. The zero-order valence-electron chi connectivity index (χ0n) is 3.47. The number of hydrogen-bond acceptors (Lipinski definition) is 2. The average molecular weight is 105 g/mol. The van der Waals surface area contributed by atoms with Crippen LogP contribution in [-0.4, -0.2) is 13.0 Å². The van der Waals surface area contributed by atoms with Gasteiger partial charge in [-0.05, 0) is 0 Å². The SMILES string of the molecule is CN=C(N)NS. The van der Waals surface area contributed by atoms with Crippen molar-refractivity contribution in [2.45, 2.75) is 0 Å². The monoisotopic (exact) mass is 105 g/mol. The van der Waals surface area contributed by atoms with Crippen LogP contribution in [0, 0.1) is 0 Å². The normalized spacial score (nSPS) is 11.3. The Morgan fingerprint density at radius 3 is 2.50 bits per heavy atom. The van der Waals surface area contributed by atoms with Gasteiger partial charge in [-0.2, -0.15) is 0 Å². The molecule has 0 heterocycles. The van der Waals surface area contributed by atoms with Crippen molar-refractivity contribution < 1.29 is 0 Å². The van der Waals surface area contributed by atoms with Crippen LogP contribution in [0.2, 0.25) is 0 Å². The Labute approximate surface area is 42.2 Å². The van der Waals surface area contributed by atoms with Crippen LogP contribution in [0.15, 0.2) is 4.99 Å². The average Bonchev–Trinajstić information content (AvgIpc) is 1.65. The third-order valence-electron chi connectivity index (χ3n) is 0.355. The van der Waals surface area contributed by atoms with Gasteiger partial charge in [-0.3, -0.25) is 4.99 Å². The highest BCUT2D eigenvalue weighted by atomic mass is 32.1. The Balaban J connectivity index is 3.22. The molecular formula is C2H7N3S. The van der Waals surface area contributed by atoms with Crippen molar-refractivity contribution in [1.29, 1.82) is 0 Å². The summed E-state index contributed by atoms with van der Waals surface area (Å²) in [4.78, 5) is 3.51. The minimum absolute atomic E-state index is 0.332. The standard InChI is InChI=1S/C2H7N3S/c1-4-2(3)5-6/h6H,1H3,(H3,3,4,5). The van der Waals surface area contributed by atoms with Crippen LogP contribution < -0.4 is 10.5 Å². The number of guanidine groups is 1. The Morgan fingerprint density at radius 2 is 2.50 bits per heavy atom. The minimum Gasteiger partial charge on any atom is -0.369 e. The van der Waals surface area contributed by atoms with E-state index in [1.54, 1.807) is 7.05 Å². The number of thiol groups is 1. The molecule has 0 aromatic carbocycles. The fourth-order valence-electron chi connectivity index (χ4n) is 0.0500. The van der Waals surface area contributed by atoms with E-state index >= 15 is 0 Å². The van der Waals surface area contributed by atoms with Crippen LogP contribution in [0.3, 0.4) is 0 Å². The summed E-state index contributed by atoms with van der Waals surface area (Å²) in [6, 6.07) is 0. The highest BCUT2D eigenvalue weighted by Gasteiger charge is 1.72. The summed E-state index contributed by atoms with van der Waals surface area (Å²) in [7, 11) is 1.58. The molecule has 0 spiro atoms. The Kier molecular flexibility index (Phi) is 2.66. The molecule has 0 aliphatic carbocycles. The fourth-order valence-corrected chi connectivity index (χ4v) is 0.150. The molecule has 36 valence electrons. The maximum atomic E-state index is 5.03. The number of hydrogen-bond donors (Lipinski definition) is 3. The Morgan fingerprint density at radius 1 is 2.00 bits per heavy atom. The van der Waals surface area contributed by atoms with Crippen molar-refractivity contribution in [2.75, 3.05) is 7.05 Å². The lowest BCUT2D eigenvalue weighted by Crippen LogP contribution is -2.22. The molecular weight excluding hydrogens is 98.1 g/mol. The highest BCUT2D eigenvalue weighted by molar-refractivity contribution is 7.78. The molecule has 3 N–H and O–H groups in total. The summed E-state index contributed by atoms with van der Waals surface area (Å²) in [5.74, 6) is 0.332. The van der Waals surface area contributed by atoms with Gasteiger partial charge in [-0.25, -0.2) is 0 Å². The number of rotatable bonds is 0. The van der Waals surface area contributed by atoms with Crippen LogP contribution >= 0.6 is 12.8 Å². The Hall–Kier alpha value is -0.380. The number of nitrogens with one attached hydrogen (secondary N) is 1. The van der Waals surface area contributed by atoms with E-state index in [0.29, 0.717) is 5.96 Å². The van der Waals surface area contributed by atoms with Crippen molar-refractivity contribution in [3.05, 3.63) is 0 Å². The van der Waals surface area contributed by atoms with E-state index in [2.05, 4.69) is 22.5 Å². The predicted molar refractivity (Wildman–Crippen MR) is 29.7 cm³/mol. The predicted octanol–water partition coefficient (Wildman–Crippen LogP) is -0.635. The summed E-state index contributed by atoms with van der Waals surface area (Å²) >= 11 is 3.59. The maximum absolute atomic E-state index is 5.03. The topological polar surface area (TPSA) is 50.4 Å². The van der Waals surface area contributed by atoms with Gasteiger partial charge in [0.25, 0.3) is 0 Å². The summed E-state index contributed by atoms with van der Waals surface area (Å²) in [6.45, 7) is 0. The van der Waals surface area contributed by atoms with Gasteiger partial charge >= 0.3 is 0 Å². The third-order valence-corrected chi connectivity index (χ3v) is 0.585. The van der Waals surface area contributed by atoms with Crippen molar-refractivity contribution in [1.82, 2.24) is 4.72 Å². The molecule has 0 unspecified atom stereocenters. The van der Waals surface area contributed by atoms with E-state index in [1.807, 2.05) is 0 Å². The first-order valence-electron chi connectivity index (χ1n) is 1.43. The second-order valence-electron chi connectivity index (χ2n) is 0.721. The van der Waals surface area contributed by atoms with E-state index in [0.717, 1.165) is 0 Å². The van der Waals surface area contributed by atoms with Gasteiger partial charge in [-0.1, -0.05) is 12.8 Å². The van der Waals surface area contributed by atoms with Crippen LogP contribution in [0.5, 0.6) is 0 Å². The van der Waals surface area contributed by atoms with Gasteiger partial charge in [-0.15, -0.1) is 0 Å². The summed E-state index contributed by atoms with van der Waals surface area (Å²) in [6.07, 6.45) is 0. The lowest BCUT2D eigenvalue weighted by atomic mass is 11.1. The van der Waals surface area contributed by atoms with Crippen molar-refractivity contribution in [2.24, 2.45) is 10.7 Å². The van der Waals surface area contributed by atoms with Gasteiger partial charge in [0.05, 0.1) is 0 Å². The highest BCUT2D eigenvalue weighted by Crippen LogP contribution is 1.57. The molecule has 0 aromatic rings. The van der Waals surface area contributed by atoms with Crippen molar-refractivity contribution in [3.63, 3.8) is 0 Å². The van der Waals surface area contributed by atoms with E-state index in [9.17, 15) is 0 Å². The first-order chi connectivity index (χ1) is 2.81. The lowest BCUT2D eigenvalue weighted by Gasteiger charge is -1.88. The fraction of sp³-hybridized carbons (Fsp3) is 0.500. The van der Waals surface area contributed by atoms with Gasteiger partial charge in [0, 0.05) is 7.05 Å². The van der Waals surface area contributed by atoms with Gasteiger partial charge in [0.2, 0.25) is 0 Å². The van der Waals surface area contributed by atoms with Crippen LogP contribution in [0.25, 0.3) is 0 Å². The molecule has 0 radical (unpaired) electrons. The summed E-state index contributed by atoms with van der Waals surface area (Å²) in [5.41, 5.74) is 5.03. The van der Waals surface area contributed by atoms with Crippen LogP contribution in [0.4, 0.5) is 0 Å². The van der Waals surface area contributed by atoms with E-state index in [1.165, 1.54) is 0 Å². The molecule has 0 aromatic heterocycles. The van der Waals surface area contributed by atoms with E-state index in [4.69, 9.17) is 5.73 Å². The first-order valence-corrected chi connectivity index (χ1v) is 1.88. The summed E-state index contributed by atoms with van der Waals surface area (Å²) in [5, 5.41) is 0. The molecule has 0 amide bonds. The molecule has 0 saturated carbocycles. The molecule has 0 rings (SSSR count). The molecule has 0 saturated heterocycles. The van der Waals surface area contributed by atoms with Gasteiger partial charge < -0.3 is 10.5 Å². The van der Waals surface area contributed by atoms with E-state index < -0.39 is 0 Å². The Bertz CT molecular complexity index is 59.8. The van der Waals surface area contributed by atoms with Crippen LogP contribution in [0.1, 0.15) is 0 Å². The molecule has 6 heavy (non-hydrogen) atoms. The molecule has 0 fully saturated rings. The maximum Gasteiger partial charge on any atom is 0.198 e. The lowest BCUT2D eigenvalue weighted by molar-refractivity contribution is 1.32. The summed E-state index contributed by atoms with van der Waals surface area (Å²) < 4.78 is 2.34. The third kappa shape index (κ3) is 1.90. The van der Waals surface area contributed by atoms with Gasteiger partial charge in [0.1, 0.15) is 0 Å². The molecule has 4 heteroatoms. The van der Waals surface area contributed by atoms with Crippen molar-refractivity contribution >= 4 is 18.8 Å². The molecule has 0 aliphatic heterocycles. The number of aliphatic imine (C=N–C) groups is 1.